The van der Waals surface area contributed by atoms with Gasteiger partial charge in [0.2, 0.25) is 0 Å². The molecule has 7 heteroatoms. The highest BCUT2D eigenvalue weighted by atomic mass is 15.3. The molecule has 32 heavy (non-hydrogen) atoms. The van der Waals surface area contributed by atoms with Gasteiger partial charge in [-0.2, -0.15) is 5.10 Å². The van der Waals surface area contributed by atoms with Crippen LogP contribution in [-0.2, 0) is 26.1 Å². The molecule has 0 spiro atoms. The van der Waals surface area contributed by atoms with Crippen LogP contribution >= 0.6 is 0 Å². The number of guanidine groups is 1. The Bertz CT molecular complexity index is 1110. The van der Waals surface area contributed by atoms with Crippen molar-refractivity contribution in [2.75, 3.05) is 13.6 Å². The predicted molar refractivity (Wildman–Crippen MR) is 127 cm³/mol. The fraction of sp³-hybridized carbons (Fsp3) is 0.240. The largest absolute Gasteiger partial charge is 0.356 e. The highest BCUT2D eigenvalue weighted by molar-refractivity contribution is 5.79. The molecule has 164 valence electrons. The second-order valence-electron chi connectivity index (χ2n) is 7.53. The minimum absolute atomic E-state index is 0.694. The summed E-state index contributed by atoms with van der Waals surface area (Å²) in [4.78, 5) is 8.90. The van der Waals surface area contributed by atoms with Gasteiger partial charge < -0.3 is 15.2 Å². The van der Waals surface area contributed by atoms with E-state index in [1.807, 2.05) is 35.4 Å². The van der Waals surface area contributed by atoms with Gasteiger partial charge in [-0.05, 0) is 22.8 Å². The highest BCUT2D eigenvalue weighted by Gasteiger charge is 2.07. The zero-order valence-corrected chi connectivity index (χ0v) is 18.4. The Hall–Kier alpha value is -3.87. The quantitative estimate of drug-likeness (QED) is 0.318. The van der Waals surface area contributed by atoms with Crippen molar-refractivity contribution in [3.05, 3.63) is 108 Å². The molecule has 0 aliphatic carbocycles. The van der Waals surface area contributed by atoms with Gasteiger partial charge in [0.15, 0.2) is 5.96 Å². The van der Waals surface area contributed by atoms with Crippen molar-refractivity contribution in [3.63, 3.8) is 0 Å². The van der Waals surface area contributed by atoms with Crippen molar-refractivity contribution >= 4 is 5.96 Å². The van der Waals surface area contributed by atoms with E-state index in [9.17, 15) is 0 Å². The normalized spacial score (nSPS) is 11.5. The maximum absolute atomic E-state index is 4.53. The number of nitrogens with zero attached hydrogens (tertiary/aromatic N) is 5. The van der Waals surface area contributed by atoms with E-state index in [0.717, 1.165) is 37.8 Å². The van der Waals surface area contributed by atoms with E-state index in [4.69, 9.17) is 0 Å². The van der Waals surface area contributed by atoms with Crippen molar-refractivity contribution in [2.24, 2.45) is 4.99 Å². The van der Waals surface area contributed by atoms with E-state index in [2.05, 4.69) is 78.8 Å². The molecule has 7 nitrogen and oxygen atoms in total. The third-order valence-electron chi connectivity index (χ3n) is 5.32. The summed E-state index contributed by atoms with van der Waals surface area (Å²) in [6.45, 7) is 3.03. The Balaban J connectivity index is 1.28. The molecule has 0 aliphatic heterocycles. The number of aliphatic imine (C=N–C) groups is 1. The number of hydrogen-bond donors (Lipinski definition) is 2. The molecule has 2 heterocycles. The number of aromatic nitrogens is 4. The van der Waals surface area contributed by atoms with E-state index in [-0.39, 0.29) is 0 Å². The van der Waals surface area contributed by atoms with Crippen LogP contribution in [0.3, 0.4) is 0 Å². The maximum atomic E-state index is 4.53. The van der Waals surface area contributed by atoms with Gasteiger partial charge in [0.05, 0.1) is 6.54 Å². The number of hydrogen-bond acceptors (Lipinski definition) is 3. The van der Waals surface area contributed by atoms with E-state index in [1.165, 1.54) is 16.7 Å². The van der Waals surface area contributed by atoms with E-state index >= 15 is 0 Å². The summed E-state index contributed by atoms with van der Waals surface area (Å²) >= 11 is 0. The summed E-state index contributed by atoms with van der Waals surface area (Å²) in [5.74, 6) is 1.83. The molecule has 2 aromatic carbocycles. The molecule has 0 atom stereocenters. The molecule has 2 aromatic heterocycles. The Kier molecular flexibility index (Phi) is 7.31. The fourth-order valence-corrected chi connectivity index (χ4v) is 3.64. The molecule has 0 amide bonds. The van der Waals surface area contributed by atoms with Crippen LogP contribution in [0.2, 0.25) is 0 Å². The number of imidazole rings is 1. The molecule has 4 rings (SSSR count). The molecule has 0 saturated heterocycles. The van der Waals surface area contributed by atoms with Crippen LogP contribution in [0, 0.1) is 0 Å². The summed E-state index contributed by atoms with van der Waals surface area (Å²) in [6, 6.07) is 20.8. The lowest BCUT2D eigenvalue weighted by Gasteiger charge is -2.15. The zero-order chi connectivity index (χ0) is 22.0. The lowest BCUT2D eigenvalue weighted by atomic mass is 10.1. The summed E-state index contributed by atoms with van der Waals surface area (Å²) < 4.78 is 4.13. The Morgan fingerprint density at radius 1 is 0.875 bits per heavy atom. The van der Waals surface area contributed by atoms with Gasteiger partial charge in [0.1, 0.15) is 5.82 Å². The molecule has 0 fully saturated rings. The van der Waals surface area contributed by atoms with Crippen molar-refractivity contribution < 1.29 is 0 Å². The van der Waals surface area contributed by atoms with Gasteiger partial charge in [0.25, 0.3) is 0 Å². The Morgan fingerprint density at radius 3 is 2.47 bits per heavy atom. The maximum Gasteiger partial charge on any atom is 0.191 e. The van der Waals surface area contributed by atoms with Crippen LogP contribution in [0.15, 0.2) is 90.4 Å². The first-order valence-corrected chi connectivity index (χ1v) is 10.8. The van der Waals surface area contributed by atoms with Gasteiger partial charge >= 0.3 is 0 Å². The lowest BCUT2D eigenvalue weighted by Crippen LogP contribution is -2.38. The molecule has 0 aliphatic rings. The van der Waals surface area contributed by atoms with Crippen LogP contribution in [-0.4, -0.2) is 38.9 Å². The van der Waals surface area contributed by atoms with Crippen molar-refractivity contribution in [3.8, 4) is 0 Å². The van der Waals surface area contributed by atoms with Crippen LogP contribution in [0.4, 0.5) is 0 Å². The first-order valence-electron chi connectivity index (χ1n) is 10.8. The second kappa shape index (κ2) is 10.9. The lowest BCUT2D eigenvalue weighted by molar-refractivity contribution is 0.675. The number of rotatable bonds is 9. The first kappa shape index (κ1) is 21.4. The summed E-state index contributed by atoms with van der Waals surface area (Å²) in [6.07, 6.45) is 8.49. The average Bonchev–Trinajstić information content (AvgIpc) is 3.50. The third-order valence-corrected chi connectivity index (χ3v) is 5.32. The smallest absolute Gasteiger partial charge is 0.191 e. The minimum Gasteiger partial charge on any atom is -0.356 e. The first-order chi connectivity index (χ1) is 15.8. The van der Waals surface area contributed by atoms with Crippen molar-refractivity contribution in [1.82, 2.24) is 30.0 Å². The minimum atomic E-state index is 0.694. The fourth-order valence-electron chi connectivity index (χ4n) is 3.64. The summed E-state index contributed by atoms with van der Waals surface area (Å²) in [5.41, 5.74) is 3.73. The summed E-state index contributed by atoms with van der Waals surface area (Å²) in [5, 5.41) is 11.1. The van der Waals surface area contributed by atoms with E-state index in [0.29, 0.717) is 6.54 Å². The van der Waals surface area contributed by atoms with Crippen LogP contribution in [0.25, 0.3) is 0 Å². The predicted octanol–water partition coefficient (Wildman–Crippen LogP) is 3.08. The number of nitrogens with one attached hydrogen (secondary N) is 2. The molecular weight excluding hydrogens is 398 g/mol. The molecule has 4 aromatic rings. The molecule has 0 bridgehead atoms. The molecular formula is C25H29N7. The number of benzene rings is 2. The second-order valence-corrected chi connectivity index (χ2v) is 7.53. The van der Waals surface area contributed by atoms with Gasteiger partial charge in [-0.25, -0.2) is 4.98 Å². The van der Waals surface area contributed by atoms with Crippen molar-refractivity contribution in [1.29, 1.82) is 0 Å². The van der Waals surface area contributed by atoms with Gasteiger partial charge in [-0.15, -0.1) is 0 Å². The van der Waals surface area contributed by atoms with Gasteiger partial charge in [-0.1, -0.05) is 54.6 Å². The molecule has 0 radical (unpaired) electrons. The van der Waals surface area contributed by atoms with Crippen LogP contribution in [0.1, 0.15) is 22.5 Å². The van der Waals surface area contributed by atoms with E-state index < -0.39 is 0 Å². The van der Waals surface area contributed by atoms with Crippen molar-refractivity contribution in [2.45, 2.75) is 26.1 Å². The average molecular weight is 428 g/mol. The van der Waals surface area contributed by atoms with Gasteiger partial charge in [0, 0.05) is 57.9 Å². The third kappa shape index (κ3) is 5.85. The van der Waals surface area contributed by atoms with E-state index in [1.54, 1.807) is 13.2 Å². The highest BCUT2D eigenvalue weighted by Crippen LogP contribution is 2.10. The van der Waals surface area contributed by atoms with Gasteiger partial charge in [-0.3, -0.25) is 9.67 Å². The zero-order valence-electron chi connectivity index (χ0n) is 18.4. The Morgan fingerprint density at radius 2 is 1.69 bits per heavy atom. The topological polar surface area (TPSA) is 72.1 Å². The molecule has 2 N–H and O–H groups in total. The standard InChI is InChI=1S/C25H29N7/c1-26-25(29-18-22-10-5-6-11-23(22)20-32-16-7-13-30-32)28-14-12-24-27-15-17-31(24)19-21-8-3-2-4-9-21/h2-11,13,15-17H,12,14,18-20H2,1H3,(H2,26,28,29). The molecule has 0 unspecified atom stereocenters. The molecule has 0 saturated carbocycles. The van der Waals surface area contributed by atoms with Crippen LogP contribution < -0.4 is 10.6 Å². The summed E-state index contributed by atoms with van der Waals surface area (Å²) in [7, 11) is 1.79. The SMILES string of the molecule is CN=C(NCCc1nccn1Cc1ccccc1)NCc1ccccc1Cn1cccn1. The van der Waals surface area contributed by atoms with Crippen LogP contribution in [0.5, 0.6) is 0 Å². The monoisotopic (exact) mass is 427 g/mol. The Labute approximate surface area is 188 Å².